The molecule has 0 fully saturated rings. The Hall–Kier alpha value is 0.327. The van der Waals surface area contributed by atoms with E-state index in [1.54, 1.807) is 0 Å². The van der Waals surface area contributed by atoms with Crippen LogP contribution in [0.5, 0.6) is 0 Å². The molecule has 0 radical (unpaired) electrons. The summed E-state index contributed by atoms with van der Waals surface area (Å²) in [6.45, 7) is 15.0. The van der Waals surface area contributed by atoms with E-state index >= 15 is 0 Å². The van der Waals surface area contributed by atoms with Crippen molar-refractivity contribution in [3.8, 4) is 0 Å². The molecule has 0 saturated carbocycles. The minimum atomic E-state index is -2.71. The van der Waals surface area contributed by atoms with E-state index in [-0.39, 0.29) is 0 Å². The molecule has 0 saturated heterocycles. The van der Waals surface area contributed by atoms with Gasteiger partial charge >= 0.3 is 8.80 Å². The van der Waals surface area contributed by atoms with Gasteiger partial charge in [0.25, 0.3) is 0 Å². The maximum absolute atomic E-state index is 5.88. The Labute approximate surface area is 139 Å². The first kappa shape index (κ1) is 22.3. The molecule has 0 aromatic carbocycles. The average molecular weight is 359 g/mol. The Morgan fingerprint density at radius 3 is 1.23 bits per heavy atom. The largest absolute Gasteiger partial charge is 0.501 e. The van der Waals surface area contributed by atoms with Crippen molar-refractivity contribution in [3.63, 3.8) is 0 Å². The molecule has 136 valence electrons. The van der Waals surface area contributed by atoms with Gasteiger partial charge in [0, 0.05) is 25.9 Å². The van der Waals surface area contributed by atoms with Gasteiger partial charge in [-0.05, 0) is 41.5 Å². The van der Waals surface area contributed by atoms with E-state index in [0.717, 1.165) is 0 Å². The molecule has 0 atom stereocenters. The number of hydrogen-bond donors (Lipinski definition) is 0. The molecule has 0 N–H and O–H groups in total. The van der Waals surface area contributed by atoms with Gasteiger partial charge in [-0.15, -0.1) is 0 Å². The Morgan fingerprint density at radius 1 is 0.591 bits per heavy atom. The lowest BCUT2D eigenvalue weighted by Crippen LogP contribution is -2.47. The Morgan fingerprint density at radius 2 is 0.955 bits per heavy atom. The van der Waals surface area contributed by atoms with Gasteiger partial charge in [-0.3, -0.25) is 12.5 Å². The van der Waals surface area contributed by atoms with Crippen LogP contribution in [0.25, 0.3) is 0 Å². The van der Waals surface area contributed by atoms with Crippen LogP contribution in [0.15, 0.2) is 0 Å². The molecule has 0 aliphatic carbocycles. The van der Waals surface area contributed by atoms with Gasteiger partial charge < -0.3 is 13.3 Å². The van der Waals surface area contributed by atoms with Crippen molar-refractivity contribution in [1.82, 2.24) is 0 Å². The van der Waals surface area contributed by atoms with Crippen molar-refractivity contribution in [2.75, 3.05) is 45.4 Å². The summed E-state index contributed by atoms with van der Waals surface area (Å²) in [5, 5.41) is 0. The van der Waals surface area contributed by atoms with E-state index in [0.29, 0.717) is 51.4 Å². The van der Waals surface area contributed by atoms with E-state index in [2.05, 4.69) is 0 Å². The van der Waals surface area contributed by atoms with Crippen LogP contribution in [0.4, 0.5) is 0 Å². The molecule has 0 rings (SSSR count). The second-order valence-electron chi connectivity index (χ2n) is 4.21. The molecule has 0 aliphatic rings. The zero-order chi connectivity index (χ0) is 16.9. The van der Waals surface area contributed by atoms with Crippen LogP contribution in [0.3, 0.4) is 0 Å². The van der Waals surface area contributed by atoms with Crippen molar-refractivity contribution < 1.29 is 25.8 Å². The van der Waals surface area contributed by atoms with Crippen LogP contribution in [0.2, 0.25) is 6.04 Å². The lowest BCUT2D eigenvalue weighted by atomic mass is 10.9. The number of rotatable bonds is 15. The number of hydrogen-bond acceptors (Lipinski definition) is 6. The summed E-state index contributed by atoms with van der Waals surface area (Å²) >= 11 is 0. The fraction of sp³-hybridized carbons (Fsp3) is 1.00. The summed E-state index contributed by atoms with van der Waals surface area (Å²) in [7, 11) is -4.75. The SMILES string of the molecule is CCO[Si](CCS(OCC)(OCC)OCC)(OCC)OCC. The van der Waals surface area contributed by atoms with Crippen LogP contribution in [-0.4, -0.2) is 54.2 Å². The molecule has 0 heterocycles. The first-order chi connectivity index (χ1) is 10.6. The van der Waals surface area contributed by atoms with Crippen LogP contribution < -0.4 is 0 Å². The second-order valence-corrected chi connectivity index (χ2v) is 9.18. The smallest absolute Gasteiger partial charge is 0.374 e. The predicted molar refractivity (Wildman–Crippen MR) is 92.8 cm³/mol. The van der Waals surface area contributed by atoms with E-state index in [1.807, 2.05) is 41.5 Å². The Kier molecular flexibility index (Phi) is 12.9. The third-order valence-corrected chi connectivity index (χ3v) is 8.54. The van der Waals surface area contributed by atoms with Crippen molar-refractivity contribution in [3.05, 3.63) is 0 Å². The van der Waals surface area contributed by atoms with Crippen LogP contribution >= 0.6 is 10.9 Å². The maximum atomic E-state index is 5.88. The molecular weight excluding hydrogens is 324 g/mol. The fourth-order valence-corrected chi connectivity index (χ4v) is 7.71. The second kappa shape index (κ2) is 12.7. The van der Waals surface area contributed by atoms with Crippen molar-refractivity contribution in [2.45, 2.75) is 47.6 Å². The highest BCUT2D eigenvalue weighted by Crippen LogP contribution is 2.52. The molecular formula is C14H34O6SSi. The van der Waals surface area contributed by atoms with Gasteiger partial charge in [0.15, 0.2) is 0 Å². The summed E-state index contributed by atoms with van der Waals surface area (Å²) in [6.07, 6.45) is 0. The van der Waals surface area contributed by atoms with Crippen LogP contribution in [0.1, 0.15) is 41.5 Å². The summed E-state index contributed by atoms with van der Waals surface area (Å²) in [5.41, 5.74) is 0. The Balaban J connectivity index is 5.04. The van der Waals surface area contributed by atoms with Crippen molar-refractivity contribution in [2.24, 2.45) is 0 Å². The van der Waals surface area contributed by atoms with E-state index in [1.165, 1.54) is 0 Å². The first-order valence-electron chi connectivity index (χ1n) is 8.23. The molecule has 0 aromatic heterocycles. The lowest BCUT2D eigenvalue weighted by molar-refractivity contribution is 0.0718. The highest BCUT2D eigenvalue weighted by atomic mass is 32.3. The topological polar surface area (TPSA) is 55.4 Å². The van der Waals surface area contributed by atoms with Crippen LogP contribution in [0, 0.1) is 0 Å². The summed E-state index contributed by atoms with van der Waals surface area (Å²) in [4.78, 5) is 0. The van der Waals surface area contributed by atoms with Crippen LogP contribution in [-0.2, 0) is 25.8 Å². The molecule has 0 unspecified atom stereocenters. The van der Waals surface area contributed by atoms with E-state index in [4.69, 9.17) is 25.8 Å². The standard InChI is InChI=1S/C14H34O6SSi/c1-7-15-21(16-8-2,17-9-3)13-14-22(18-10-4,19-11-5)20-12-6/h7-14H2,1-6H3. The minimum Gasteiger partial charge on any atom is -0.374 e. The summed E-state index contributed by atoms with van der Waals surface area (Å²) < 4.78 is 35.1. The van der Waals surface area contributed by atoms with Gasteiger partial charge in [0.05, 0.1) is 36.4 Å². The molecule has 0 bridgehead atoms. The summed E-state index contributed by atoms with van der Waals surface area (Å²) in [5.74, 6) is 0.592. The molecule has 0 amide bonds. The first-order valence-corrected chi connectivity index (χ1v) is 11.7. The lowest BCUT2D eigenvalue weighted by Gasteiger charge is -2.38. The van der Waals surface area contributed by atoms with Gasteiger partial charge in [-0.1, -0.05) is 0 Å². The van der Waals surface area contributed by atoms with Crippen molar-refractivity contribution >= 4 is 19.7 Å². The predicted octanol–water partition coefficient (Wildman–Crippen LogP) is 3.69. The molecule has 6 nitrogen and oxygen atoms in total. The normalized spacial score (nSPS) is 13.5. The van der Waals surface area contributed by atoms with Gasteiger partial charge in [0.2, 0.25) is 0 Å². The third-order valence-electron chi connectivity index (χ3n) is 2.64. The maximum Gasteiger partial charge on any atom is 0.501 e. The monoisotopic (exact) mass is 358 g/mol. The average Bonchev–Trinajstić information content (AvgIpc) is 2.47. The molecule has 0 aromatic rings. The van der Waals surface area contributed by atoms with Crippen molar-refractivity contribution in [1.29, 1.82) is 0 Å². The zero-order valence-electron chi connectivity index (χ0n) is 15.0. The quantitative estimate of drug-likeness (QED) is 0.416. The highest BCUT2D eigenvalue weighted by molar-refractivity contribution is 8.21. The molecule has 8 heteroatoms. The molecule has 22 heavy (non-hydrogen) atoms. The molecule has 0 aliphatic heterocycles. The third kappa shape index (κ3) is 7.74. The summed E-state index contributed by atoms with van der Waals surface area (Å²) in [6, 6.07) is 0.623. The fourth-order valence-electron chi connectivity index (χ4n) is 2.07. The molecule has 0 spiro atoms. The van der Waals surface area contributed by atoms with Gasteiger partial charge in [-0.2, -0.15) is 0 Å². The highest BCUT2D eigenvalue weighted by Gasteiger charge is 2.43. The van der Waals surface area contributed by atoms with E-state index in [9.17, 15) is 0 Å². The minimum absolute atomic E-state index is 0.543. The van der Waals surface area contributed by atoms with Gasteiger partial charge in [-0.25, -0.2) is 0 Å². The van der Waals surface area contributed by atoms with Gasteiger partial charge in [0.1, 0.15) is 0 Å². The zero-order valence-corrected chi connectivity index (χ0v) is 16.8. The van der Waals surface area contributed by atoms with E-state index < -0.39 is 19.7 Å². The Bertz CT molecular complexity index is 210.